The maximum atomic E-state index is 11.8. The van der Waals surface area contributed by atoms with E-state index in [0.29, 0.717) is 24.8 Å². The molecule has 0 saturated carbocycles. The second kappa shape index (κ2) is 10.2. The van der Waals surface area contributed by atoms with Gasteiger partial charge in [0.25, 0.3) is 0 Å². The number of fused-ring (bicyclic) bond motifs is 3. The smallest absolute Gasteiger partial charge is 0.140 e. The van der Waals surface area contributed by atoms with Crippen LogP contribution in [0.4, 0.5) is 0 Å². The summed E-state index contributed by atoms with van der Waals surface area (Å²) in [5, 5.41) is 2.63. The van der Waals surface area contributed by atoms with Crippen molar-refractivity contribution in [2.75, 3.05) is 0 Å². The highest BCUT2D eigenvalue weighted by Gasteiger charge is 2.19. The van der Waals surface area contributed by atoms with E-state index in [1.165, 1.54) is 34.3 Å². The van der Waals surface area contributed by atoms with E-state index in [-0.39, 0.29) is 18.0 Å². The zero-order valence-electron chi connectivity index (χ0n) is 19.9. The van der Waals surface area contributed by atoms with Crippen LogP contribution in [0.3, 0.4) is 0 Å². The number of nitrogens with zero attached hydrogens (tertiary/aromatic N) is 1. The lowest BCUT2D eigenvalue weighted by atomic mass is 9.89. The van der Waals surface area contributed by atoms with Gasteiger partial charge < -0.3 is 4.57 Å². The predicted octanol–water partition coefficient (Wildman–Crippen LogP) is 7.42. The normalized spacial score (nSPS) is 13.3. The Morgan fingerprint density at radius 2 is 1.42 bits per heavy atom. The topological polar surface area (TPSA) is 39.1 Å². The van der Waals surface area contributed by atoms with E-state index in [1.54, 1.807) is 0 Å². The first-order valence-corrected chi connectivity index (χ1v) is 12.1. The predicted molar refractivity (Wildman–Crippen MR) is 137 cm³/mol. The highest BCUT2D eigenvalue weighted by molar-refractivity contribution is 6.08. The van der Waals surface area contributed by atoms with Crippen molar-refractivity contribution < 1.29 is 9.59 Å². The Labute approximate surface area is 196 Å². The molecule has 4 rings (SSSR count). The fourth-order valence-electron chi connectivity index (χ4n) is 5.09. The third-order valence-electron chi connectivity index (χ3n) is 6.77. The van der Waals surface area contributed by atoms with Gasteiger partial charge in [0, 0.05) is 34.3 Å². The average Bonchev–Trinajstić information content (AvgIpc) is 3.16. The van der Waals surface area contributed by atoms with Crippen LogP contribution in [-0.4, -0.2) is 16.1 Å². The van der Waals surface area contributed by atoms with E-state index in [0.717, 1.165) is 18.4 Å². The molecule has 0 spiro atoms. The molecule has 0 saturated heterocycles. The standard InChI is InChI=1S/C30H33NO2/c1-4-24(25-16-13-23(14-17-25)15-18-26(33)20-22(3)32)19-21(2)31-29-11-7-5-9-27(29)28-10-6-8-12-30(28)31/h5-14,16-17,21,24H,4,15,18-20H2,1-3H3. The minimum Gasteiger partial charge on any atom is -0.338 e. The molecule has 33 heavy (non-hydrogen) atoms. The van der Waals surface area contributed by atoms with Crippen LogP contribution < -0.4 is 0 Å². The van der Waals surface area contributed by atoms with Crippen molar-refractivity contribution in [3.8, 4) is 0 Å². The first kappa shape index (κ1) is 23.0. The summed E-state index contributed by atoms with van der Waals surface area (Å²) in [6, 6.07) is 26.5. The molecule has 0 aliphatic rings. The van der Waals surface area contributed by atoms with E-state index >= 15 is 0 Å². The molecule has 170 valence electrons. The second-order valence-electron chi connectivity index (χ2n) is 9.25. The molecule has 0 aliphatic heterocycles. The summed E-state index contributed by atoms with van der Waals surface area (Å²) in [6.45, 7) is 6.06. The SMILES string of the molecule is CCC(CC(C)n1c2ccccc2c2ccccc21)c1ccc(CCC(=O)CC(C)=O)cc1. The molecule has 0 fully saturated rings. The van der Waals surface area contributed by atoms with Gasteiger partial charge in [-0.25, -0.2) is 0 Å². The number of carbonyl (C=O) groups is 2. The molecule has 3 heteroatoms. The van der Waals surface area contributed by atoms with Crippen molar-refractivity contribution in [2.24, 2.45) is 0 Å². The molecule has 2 atom stereocenters. The molecule has 3 nitrogen and oxygen atoms in total. The van der Waals surface area contributed by atoms with Gasteiger partial charge in [-0.1, -0.05) is 67.6 Å². The van der Waals surface area contributed by atoms with Gasteiger partial charge in [-0.3, -0.25) is 9.59 Å². The molecular weight excluding hydrogens is 406 g/mol. The fraction of sp³-hybridized carbons (Fsp3) is 0.333. The zero-order chi connectivity index (χ0) is 23.4. The van der Waals surface area contributed by atoms with Crippen LogP contribution in [0.2, 0.25) is 0 Å². The number of carbonyl (C=O) groups excluding carboxylic acids is 2. The third-order valence-corrected chi connectivity index (χ3v) is 6.77. The van der Waals surface area contributed by atoms with Gasteiger partial charge in [0.15, 0.2) is 0 Å². The maximum absolute atomic E-state index is 11.8. The van der Waals surface area contributed by atoms with Crippen molar-refractivity contribution in [1.82, 2.24) is 4.57 Å². The zero-order valence-corrected chi connectivity index (χ0v) is 19.9. The Kier molecular flexibility index (Phi) is 7.08. The molecule has 0 aliphatic carbocycles. The lowest BCUT2D eigenvalue weighted by Gasteiger charge is -2.23. The third kappa shape index (κ3) is 5.08. The highest BCUT2D eigenvalue weighted by atomic mass is 16.1. The van der Waals surface area contributed by atoms with Gasteiger partial charge in [-0.2, -0.15) is 0 Å². The number of Topliss-reactive ketones (excluding diaryl/α,β-unsaturated/α-hetero) is 2. The summed E-state index contributed by atoms with van der Waals surface area (Å²) in [5.41, 5.74) is 5.10. The summed E-state index contributed by atoms with van der Waals surface area (Å²) < 4.78 is 2.50. The first-order chi connectivity index (χ1) is 16.0. The van der Waals surface area contributed by atoms with E-state index in [9.17, 15) is 9.59 Å². The van der Waals surface area contributed by atoms with Gasteiger partial charge in [-0.05, 0) is 62.3 Å². The number of hydrogen-bond donors (Lipinski definition) is 0. The van der Waals surface area contributed by atoms with Crippen LogP contribution in [-0.2, 0) is 16.0 Å². The van der Waals surface area contributed by atoms with Gasteiger partial charge >= 0.3 is 0 Å². The quantitative estimate of drug-likeness (QED) is 0.241. The number of rotatable bonds is 10. The van der Waals surface area contributed by atoms with Gasteiger partial charge in [-0.15, -0.1) is 0 Å². The largest absolute Gasteiger partial charge is 0.338 e. The molecule has 1 heterocycles. The van der Waals surface area contributed by atoms with E-state index < -0.39 is 0 Å². The van der Waals surface area contributed by atoms with Gasteiger partial charge in [0.2, 0.25) is 0 Å². The summed E-state index contributed by atoms with van der Waals surface area (Å²) in [6.07, 6.45) is 3.33. The minimum absolute atomic E-state index is 0.0259. The monoisotopic (exact) mass is 439 g/mol. The van der Waals surface area contributed by atoms with Crippen LogP contribution in [0, 0.1) is 0 Å². The minimum atomic E-state index is -0.0569. The van der Waals surface area contributed by atoms with Crippen LogP contribution in [0.25, 0.3) is 21.8 Å². The Balaban J connectivity index is 1.51. The van der Waals surface area contributed by atoms with Crippen molar-refractivity contribution in [3.05, 3.63) is 83.9 Å². The Hall–Kier alpha value is -3.20. The number of hydrogen-bond acceptors (Lipinski definition) is 2. The van der Waals surface area contributed by atoms with Crippen LogP contribution >= 0.6 is 0 Å². The summed E-state index contributed by atoms with van der Waals surface area (Å²) in [4.78, 5) is 23.0. The summed E-state index contributed by atoms with van der Waals surface area (Å²) in [7, 11) is 0. The van der Waals surface area contributed by atoms with E-state index in [1.807, 2.05) is 0 Å². The number of para-hydroxylation sites is 2. The van der Waals surface area contributed by atoms with Crippen LogP contribution in [0.1, 0.15) is 69.5 Å². The molecule has 3 aromatic carbocycles. The van der Waals surface area contributed by atoms with E-state index in [2.05, 4.69) is 91.2 Å². The average molecular weight is 440 g/mol. The van der Waals surface area contributed by atoms with Crippen molar-refractivity contribution in [1.29, 1.82) is 0 Å². The maximum Gasteiger partial charge on any atom is 0.140 e. The highest BCUT2D eigenvalue weighted by Crippen LogP contribution is 2.36. The molecule has 0 bridgehead atoms. The molecular formula is C30H33NO2. The second-order valence-corrected chi connectivity index (χ2v) is 9.25. The Morgan fingerprint density at radius 3 is 1.97 bits per heavy atom. The lowest BCUT2D eigenvalue weighted by Crippen LogP contribution is -2.10. The number of benzene rings is 3. The molecule has 0 amide bonds. The first-order valence-electron chi connectivity index (χ1n) is 12.1. The molecule has 1 aromatic heterocycles. The van der Waals surface area contributed by atoms with Crippen LogP contribution in [0.15, 0.2) is 72.8 Å². The fourth-order valence-corrected chi connectivity index (χ4v) is 5.09. The Morgan fingerprint density at radius 1 is 0.848 bits per heavy atom. The van der Waals surface area contributed by atoms with Crippen molar-refractivity contribution in [2.45, 2.75) is 64.8 Å². The van der Waals surface area contributed by atoms with Crippen LogP contribution in [0.5, 0.6) is 0 Å². The van der Waals surface area contributed by atoms with Crippen molar-refractivity contribution in [3.63, 3.8) is 0 Å². The lowest BCUT2D eigenvalue weighted by molar-refractivity contribution is -0.125. The van der Waals surface area contributed by atoms with Crippen molar-refractivity contribution >= 4 is 33.4 Å². The van der Waals surface area contributed by atoms with Gasteiger partial charge in [0.1, 0.15) is 11.6 Å². The molecule has 2 unspecified atom stereocenters. The molecule has 0 N–H and O–H groups in total. The number of aromatic nitrogens is 1. The number of ketones is 2. The molecule has 4 aromatic rings. The van der Waals surface area contributed by atoms with E-state index in [4.69, 9.17) is 0 Å². The molecule has 0 radical (unpaired) electrons. The number of aryl methyl sites for hydroxylation is 1. The summed E-state index contributed by atoms with van der Waals surface area (Å²) in [5.74, 6) is 0.435. The Bertz CT molecular complexity index is 1210. The van der Waals surface area contributed by atoms with Gasteiger partial charge in [0.05, 0.1) is 6.42 Å². The summed E-state index contributed by atoms with van der Waals surface area (Å²) >= 11 is 0.